The molecule has 4 aromatic rings. The second kappa shape index (κ2) is 7.46. The lowest BCUT2D eigenvalue weighted by Crippen LogP contribution is -2.13. The SMILES string of the molecule is Cc1cc(C)cc(N[C@H](c2ccccc2)c2nnc(-c3ccccc3)o2)c1. The normalized spacial score (nSPS) is 11.9. The van der Waals surface area contributed by atoms with Crippen molar-refractivity contribution >= 4 is 5.69 Å². The molecule has 0 saturated carbocycles. The Kier molecular flexibility index (Phi) is 4.71. The lowest BCUT2D eigenvalue weighted by molar-refractivity contribution is 0.494. The molecule has 27 heavy (non-hydrogen) atoms. The van der Waals surface area contributed by atoms with E-state index in [2.05, 4.69) is 59.7 Å². The molecule has 0 aliphatic heterocycles. The minimum absolute atomic E-state index is 0.225. The first-order chi connectivity index (χ1) is 13.2. The van der Waals surface area contributed by atoms with Gasteiger partial charge in [-0.1, -0.05) is 54.6 Å². The van der Waals surface area contributed by atoms with Gasteiger partial charge in [-0.25, -0.2) is 0 Å². The van der Waals surface area contributed by atoms with Crippen molar-refractivity contribution in [2.75, 3.05) is 5.32 Å². The van der Waals surface area contributed by atoms with Crippen molar-refractivity contribution in [3.8, 4) is 11.5 Å². The zero-order valence-electron chi connectivity index (χ0n) is 15.4. The van der Waals surface area contributed by atoms with Crippen LogP contribution in [-0.2, 0) is 0 Å². The molecule has 1 heterocycles. The van der Waals surface area contributed by atoms with Gasteiger partial charge < -0.3 is 9.73 Å². The van der Waals surface area contributed by atoms with Crippen LogP contribution >= 0.6 is 0 Å². The van der Waals surface area contributed by atoms with Gasteiger partial charge in [-0.3, -0.25) is 0 Å². The van der Waals surface area contributed by atoms with E-state index in [1.807, 2.05) is 48.5 Å². The molecule has 1 N–H and O–H groups in total. The van der Waals surface area contributed by atoms with E-state index in [0.29, 0.717) is 11.8 Å². The zero-order chi connectivity index (χ0) is 18.6. The molecular formula is C23H21N3O. The monoisotopic (exact) mass is 355 g/mol. The van der Waals surface area contributed by atoms with E-state index in [-0.39, 0.29) is 6.04 Å². The Hall–Kier alpha value is -3.40. The lowest BCUT2D eigenvalue weighted by Gasteiger charge is -2.18. The smallest absolute Gasteiger partial charge is 0.247 e. The van der Waals surface area contributed by atoms with Crippen LogP contribution in [0.15, 0.2) is 83.3 Å². The van der Waals surface area contributed by atoms with Gasteiger partial charge in [0.05, 0.1) is 0 Å². The largest absolute Gasteiger partial charge is 0.418 e. The van der Waals surface area contributed by atoms with Gasteiger partial charge in [0.2, 0.25) is 11.8 Å². The van der Waals surface area contributed by atoms with Gasteiger partial charge in [0.1, 0.15) is 6.04 Å². The number of anilines is 1. The molecule has 0 unspecified atom stereocenters. The second-order valence-corrected chi connectivity index (χ2v) is 6.68. The third-order valence-corrected chi connectivity index (χ3v) is 4.37. The molecule has 0 saturated heterocycles. The number of benzene rings is 3. The summed E-state index contributed by atoms with van der Waals surface area (Å²) in [5, 5.41) is 12.1. The van der Waals surface area contributed by atoms with E-state index < -0.39 is 0 Å². The maximum Gasteiger partial charge on any atom is 0.247 e. The highest BCUT2D eigenvalue weighted by molar-refractivity contribution is 5.53. The number of nitrogens with zero attached hydrogens (tertiary/aromatic N) is 2. The standard InChI is InChI=1S/C23H21N3O/c1-16-13-17(2)15-20(14-16)24-21(18-9-5-3-6-10-18)23-26-25-22(27-23)19-11-7-4-8-12-19/h3-15,21,24H,1-2H3/t21-/m1/s1. The summed E-state index contributed by atoms with van der Waals surface area (Å²) in [6, 6.07) is 26.1. The Morgan fingerprint density at radius 1 is 0.778 bits per heavy atom. The van der Waals surface area contributed by atoms with Crippen LogP contribution in [0.5, 0.6) is 0 Å². The molecule has 0 aliphatic rings. The van der Waals surface area contributed by atoms with Crippen LogP contribution in [0.1, 0.15) is 28.6 Å². The average molecular weight is 355 g/mol. The molecule has 0 aliphatic carbocycles. The highest BCUT2D eigenvalue weighted by Gasteiger charge is 2.21. The maximum atomic E-state index is 6.03. The van der Waals surface area contributed by atoms with Crippen LogP contribution in [0.4, 0.5) is 5.69 Å². The molecule has 0 bridgehead atoms. The van der Waals surface area contributed by atoms with Crippen molar-refractivity contribution in [1.29, 1.82) is 0 Å². The van der Waals surface area contributed by atoms with Crippen LogP contribution in [0, 0.1) is 13.8 Å². The lowest BCUT2D eigenvalue weighted by atomic mass is 10.1. The number of hydrogen-bond donors (Lipinski definition) is 1. The summed E-state index contributed by atoms with van der Waals surface area (Å²) >= 11 is 0. The minimum atomic E-state index is -0.225. The summed E-state index contributed by atoms with van der Waals surface area (Å²) in [6.07, 6.45) is 0. The fourth-order valence-electron chi connectivity index (χ4n) is 3.21. The van der Waals surface area contributed by atoms with E-state index in [0.717, 1.165) is 16.8 Å². The van der Waals surface area contributed by atoms with Gasteiger partial charge in [-0.2, -0.15) is 0 Å². The van der Waals surface area contributed by atoms with Crippen molar-refractivity contribution in [3.05, 3.63) is 101 Å². The van der Waals surface area contributed by atoms with Crippen molar-refractivity contribution in [2.45, 2.75) is 19.9 Å². The Morgan fingerprint density at radius 2 is 1.41 bits per heavy atom. The number of hydrogen-bond acceptors (Lipinski definition) is 4. The molecular weight excluding hydrogens is 334 g/mol. The number of aryl methyl sites for hydroxylation is 2. The van der Waals surface area contributed by atoms with Crippen LogP contribution in [0.2, 0.25) is 0 Å². The van der Waals surface area contributed by atoms with Crippen molar-refractivity contribution in [1.82, 2.24) is 10.2 Å². The van der Waals surface area contributed by atoms with E-state index in [1.165, 1.54) is 11.1 Å². The first-order valence-corrected chi connectivity index (χ1v) is 8.97. The fraction of sp³-hybridized carbons (Fsp3) is 0.130. The third kappa shape index (κ3) is 3.90. The molecule has 4 nitrogen and oxygen atoms in total. The molecule has 0 amide bonds. The molecule has 134 valence electrons. The molecule has 0 radical (unpaired) electrons. The summed E-state index contributed by atoms with van der Waals surface area (Å²) in [5.41, 5.74) is 5.43. The first kappa shape index (κ1) is 17.0. The van der Waals surface area contributed by atoms with E-state index in [1.54, 1.807) is 0 Å². The van der Waals surface area contributed by atoms with Gasteiger partial charge in [-0.05, 0) is 54.8 Å². The number of nitrogens with one attached hydrogen (secondary N) is 1. The molecule has 0 spiro atoms. The summed E-state index contributed by atoms with van der Waals surface area (Å²) in [4.78, 5) is 0. The molecule has 4 heteroatoms. The highest BCUT2D eigenvalue weighted by atomic mass is 16.4. The number of aromatic nitrogens is 2. The minimum Gasteiger partial charge on any atom is -0.418 e. The van der Waals surface area contributed by atoms with Gasteiger partial charge in [0, 0.05) is 11.3 Å². The zero-order valence-corrected chi connectivity index (χ0v) is 15.4. The predicted octanol–water partition coefficient (Wildman–Crippen LogP) is 5.55. The Labute approximate surface area is 158 Å². The van der Waals surface area contributed by atoms with Crippen molar-refractivity contribution in [2.24, 2.45) is 0 Å². The maximum absolute atomic E-state index is 6.03. The van der Waals surface area contributed by atoms with Crippen molar-refractivity contribution in [3.63, 3.8) is 0 Å². The van der Waals surface area contributed by atoms with Crippen LogP contribution in [0.3, 0.4) is 0 Å². The van der Waals surface area contributed by atoms with Gasteiger partial charge >= 0.3 is 0 Å². The van der Waals surface area contributed by atoms with E-state index in [4.69, 9.17) is 4.42 Å². The summed E-state index contributed by atoms with van der Waals surface area (Å²) in [6.45, 7) is 4.19. The fourth-order valence-corrected chi connectivity index (χ4v) is 3.21. The van der Waals surface area contributed by atoms with Gasteiger partial charge in [-0.15, -0.1) is 10.2 Å². The van der Waals surface area contributed by atoms with Crippen LogP contribution in [-0.4, -0.2) is 10.2 Å². The van der Waals surface area contributed by atoms with Crippen LogP contribution in [0.25, 0.3) is 11.5 Å². The van der Waals surface area contributed by atoms with Gasteiger partial charge in [0.25, 0.3) is 0 Å². The number of rotatable bonds is 5. The van der Waals surface area contributed by atoms with Crippen LogP contribution < -0.4 is 5.32 Å². The molecule has 1 atom stereocenters. The summed E-state index contributed by atoms with van der Waals surface area (Å²) in [7, 11) is 0. The highest BCUT2D eigenvalue weighted by Crippen LogP contribution is 2.29. The summed E-state index contributed by atoms with van der Waals surface area (Å²) < 4.78 is 6.03. The Bertz CT molecular complexity index is 1010. The molecule has 4 rings (SSSR count). The molecule has 3 aromatic carbocycles. The topological polar surface area (TPSA) is 51.0 Å². The Balaban J connectivity index is 1.72. The predicted molar refractivity (Wildman–Crippen MR) is 108 cm³/mol. The molecule has 1 aromatic heterocycles. The van der Waals surface area contributed by atoms with E-state index >= 15 is 0 Å². The van der Waals surface area contributed by atoms with Gasteiger partial charge in [0.15, 0.2) is 0 Å². The summed E-state index contributed by atoms with van der Waals surface area (Å²) in [5.74, 6) is 1.06. The quantitative estimate of drug-likeness (QED) is 0.509. The van der Waals surface area contributed by atoms with E-state index in [9.17, 15) is 0 Å². The Morgan fingerprint density at radius 3 is 2.07 bits per heavy atom. The average Bonchev–Trinajstić information content (AvgIpc) is 3.17. The van der Waals surface area contributed by atoms with Crippen molar-refractivity contribution < 1.29 is 4.42 Å². The third-order valence-electron chi connectivity index (χ3n) is 4.37. The molecule has 0 fully saturated rings. The first-order valence-electron chi connectivity index (χ1n) is 8.97. The second-order valence-electron chi connectivity index (χ2n) is 6.68.